The highest BCUT2D eigenvalue weighted by Crippen LogP contribution is 2.44. The summed E-state index contributed by atoms with van der Waals surface area (Å²) in [6.45, 7) is 8.39. The molecule has 0 radical (unpaired) electrons. The number of nitro benzene ring substituents is 1. The van der Waals surface area contributed by atoms with Crippen LogP contribution in [0, 0.1) is 10.1 Å². The normalized spacial score (nSPS) is 18.1. The summed E-state index contributed by atoms with van der Waals surface area (Å²) in [5.41, 5.74) is 2.49. The summed E-state index contributed by atoms with van der Waals surface area (Å²) in [7, 11) is 0. The lowest BCUT2D eigenvalue weighted by Crippen LogP contribution is -2.44. The Labute approximate surface area is 187 Å². The van der Waals surface area contributed by atoms with Crippen molar-refractivity contribution < 1.29 is 9.66 Å². The molecule has 7 heteroatoms. The van der Waals surface area contributed by atoms with Gasteiger partial charge in [-0.05, 0) is 64.8 Å². The third-order valence-electron chi connectivity index (χ3n) is 5.62. The van der Waals surface area contributed by atoms with Crippen LogP contribution in [-0.4, -0.2) is 25.9 Å². The Morgan fingerprint density at radius 2 is 1.68 bits per heavy atom. The molecule has 31 heavy (non-hydrogen) atoms. The maximum atomic E-state index is 11.7. The summed E-state index contributed by atoms with van der Waals surface area (Å²) in [5, 5.41) is 17.2. The number of halogens is 1. The number of benzene rings is 2. The number of para-hydroxylation sites is 2. The highest BCUT2D eigenvalue weighted by molar-refractivity contribution is 6.30. The minimum atomic E-state index is -0.372. The van der Waals surface area contributed by atoms with Crippen LogP contribution in [0.2, 0.25) is 5.02 Å². The van der Waals surface area contributed by atoms with Crippen molar-refractivity contribution in [1.82, 2.24) is 9.78 Å². The van der Waals surface area contributed by atoms with Crippen molar-refractivity contribution in [1.29, 1.82) is 0 Å². The van der Waals surface area contributed by atoms with Crippen LogP contribution in [0.15, 0.2) is 54.6 Å². The molecule has 2 heterocycles. The molecule has 3 aromatic rings. The third kappa shape index (κ3) is 4.50. The number of rotatable bonds is 4. The Bertz CT molecular complexity index is 1100. The van der Waals surface area contributed by atoms with Crippen molar-refractivity contribution in [2.45, 2.75) is 57.7 Å². The first-order valence-corrected chi connectivity index (χ1v) is 10.7. The van der Waals surface area contributed by atoms with E-state index in [2.05, 4.69) is 27.7 Å². The molecule has 0 unspecified atom stereocenters. The van der Waals surface area contributed by atoms with E-state index in [0.29, 0.717) is 10.7 Å². The molecule has 1 aliphatic rings. The molecule has 0 spiro atoms. The van der Waals surface area contributed by atoms with Crippen LogP contribution in [0.5, 0.6) is 0 Å². The van der Waals surface area contributed by atoms with Gasteiger partial charge in [-0.2, -0.15) is 5.10 Å². The van der Waals surface area contributed by atoms with E-state index in [1.807, 2.05) is 30.3 Å². The molecule has 0 bridgehead atoms. The first-order valence-electron chi connectivity index (χ1n) is 10.3. The fourth-order valence-corrected chi connectivity index (χ4v) is 4.83. The fourth-order valence-electron chi connectivity index (χ4n) is 4.71. The highest BCUT2D eigenvalue weighted by atomic mass is 35.5. The maximum absolute atomic E-state index is 11.7. The van der Waals surface area contributed by atoms with Gasteiger partial charge in [-0.3, -0.25) is 10.1 Å². The molecule has 2 aromatic carbocycles. The quantitative estimate of drug-likeness (QED) is 0.341. The van der Waals surface area contributed by atoms with Gasteiger partial charge in [0.05, 0.1) is 27.5 Å². The zero-order chi connectivity index (χ0) is 22.4. The summed E-state index contributed by atoms with van der Waals surface area (Å²) in [4.78, 5) is 11.3. The molecular formula is C24H26ClN3O3. The van der Waals surface area contributed by atoms with E-state index in [1.165, 1.54) is 6.07 Å². The number of nitrogens with zero attached hydrogens (tertiary/aromatic N) is 3. The Morgan fingerprint density at radius 3 is 2.29 bits per heavy atom. The minimum Gasteiger partial charge on any atom is -0.370 e. The second-order valence-electron chi connectivity index (χ2n) is 9.35. The molecule has 1 saturated heterocycles. The average Bonchev–Trinajstić information content (AvgIpc) is 3.11. The van der Waals surface area contributed by atoms with Crippen molar-refractivity contribution in [2.24, 2.45) is 0 Å². The maximum Gasteiger partial charge on any atom is 0.294 e. The topological polar surface area (TPSA) is 70.2 Å². The summed E-state index contributed by atoms with van der Waals surface area (Å²) in [6, 6.07) is 16.2. The van der Waals surface area contributed by atoms with E-state index >= 15 is 0 Å². The second kappa shape index (κ2) is 7.77. The van der Waals surface area contributed by atoms with Crippen molar-refractivity contribution >= 4 is 17.3 Å². The van der Waals surface area contributed by atoms with Crippen LogP contribution in [0.25, 0.3) is 16.9 Å². The van der Waals surface area contributed by atoms with Crippen molar-refractivity contribution in [3.63, 3.8) is 0 Å². The Morgan fingerprint density at radius 1 is 1.06 bits per heavy atom. The van der Waals surface area contributed by atoms with E-state index in [0.717, 1.165) is 29.8 Å². The second-order valence-corrected chi connectivity index (χ2v) is 9.78. The molecule has 0 N–H and O–H groups in total. The van der Waals surface area contributed by atoms with Gasteiger partial charge in [-0.1, -0.05) is 35.9 Å². The minimum absolute atomic E-state index is 0.0139. The fraction of sp³-hybridized carbons (Fsp3) is 0.375. The van der Waals surface area contributed by atoms with Crippen LogP contribution in [0.3, 0.4) is 0 Å². The summed E-state index contributed by atoms with van der Waals surface area (Å²) < 4.78 is 7.93. The monoisotopic (exact) mass is 439 g/mol. The highest BCUT2D eigenvalue weighted by Gasteiger charge is 2.41. The van der Waals surface area contributed by atoms with Gasteiger partial charge < -0.3 is 4.74 Å². The number of aromatic nitrogens is 2. The average molecular weight is 440 g/mol. The van der Waals surface area contributed by atoms with Crippen LogP contribution < -0.4 is 0 Å². The molecule has 6 nitrogen and oxygen atoms in total. The van der Waals surface area contributed by atoms with Crippen molar-refractivity contribution in [2.75, 3.05) is 0 Å². The molecule has 1 fully saturated rings. The lowest BCUT2D eigenvalue weighted by molar-refractivity contribution is -0.384. The largest absolute Gasteiger partial charge is 0.370 e. The molecule has 162 valence electrons. The molecule has 0 aliphatic carbocycles. The molecule has 1 aliphatic heterocycles. The summed E-state index contributed by atoms with van der Waals surface area (Å²) in [6.07, 6.45) is 1.65. The van der Waals surface area contributed by atoms with Crippen LogP contribution in [0.4, 0.5) is 5.69 Å². The zero-order valence-corrected chi connectivity index (χ0v) is 18.9. The van der Waals surface area contributed by atoms with E-state index in [-0.39, 0.29) is 27.7 Å². The standard InChI is InChI=1S/C24H26ClN3O3/c1-23(2)14-17(15-24(3,4)31-23)19-13-22(16-9-11-18(25)12-10-16)27(26-19)20-7-5-6-8-21(20)28(29)30/h5-13,17H,14-15H2,1-4H3. The van der Waals surface area contributed by atoms with Crippen LogP contribution >= 0.6 is 11.6 Å². The van der Waals surface area contributed by atoms with E-state index in [4.69, 9.17) is 21.4 Å². The first kappa shape index (κ1) is 21.5. The van der Waals surface area contributed by atoms with Gasteiger partial charge in [0.2, 0.25) is 0 Å². The van der Waals surface area contributed by atoms with E-state index < -0.39 is 0 Å². The van der Waals surface area contributed by atoms with Gasteiger partial charge in [-0.15, -0.1) is 0 Å². The predicted molar refractivity (Wildman–Crippen MR) is 122 cm³/mol. The Hall–Kier alpha value is -2.70. The van der Waals surface area contributed by atoms with Crippen LogP contribution in [0.1, 0.15) is 52.1 Å². The first-order chi connectivity index (χ1) is 14.5. The molecule has 1 aromatic heterocycles. The Kier molecular flexibility index (Phi) is 5.40. The molecule has 0 saturated carbocycles. The predicted octanol–water partition coefficient (Wildman–Crippen LogP) is 6.55. The van der Waals surface area contributed by atoms with Gasteiger partial charge in [0, 0.05) is 22.6 Å². The zero-order valence-electron chi connectivity index (χ0n) is 18.1. The summed E-state index contributed by atoms with van der Waals surface area (Å²) in [5.74, 6) is 0.175. The number of hydrogen-bond acceptors (Lipinski definition) is 4. The molecule has 0 atom stereocenters. The van der Waals surface area contributed by atoms with Crippen molar-refractivity contribution in [3.05, 3.63) is 75.4 Å². The molecule has 4 rings (SSSR count). The third-order valence-corrected chi connectivity index (χ3v) is 5.87. The Balaban J connectivity index is 1.88. The number of nitro groups is 1. The lowest BCUT2D eigenvalue weighted by Gasteiger charge is -2.45. The van der Waals surface area contributed by atoms with Gasteiger partial charge in [-0.25, -0.2) is 4.68 Å². The van der Waals surface area contributed by atoms with Gasteiger partial charge in [0.25, 0.3) is 5.69 Å². The smallest absolute Gasteiger partial charge is 0.294 e. The summed E-state index contributed by atoms with van der Waals surface area (Å²) >= 11 is 6.09. The van der Waals surface area contributed by atoms with E-state index in [1.54, 1.807) is 22.9 Å². The number of hydrogen-bond donors (Lipinski definition) is 0. The SMILES string of the molecule is CC1(C)CC(c2cc(-c3ccc(Cl)cc3)n(-c3ccccc3[N+](=O)[O-])n2)CC(C)(C)O1. The molecule has 0 amide bonds. The van der Waals surface area contributed by atoms with Crippen molar-refractivity contribution in [3.8, 4) is 16.9 Å². The van der Waals surface area contributed by atoms with Gasteiger partial charge >= 0.3 is 0 Å². The van der Waals surface area contributed by atoms with Gasteiger partial charge in [0.15, 0.2) is 0 Å². The van der Waals surface area contributed by atoms with Crippen LogP contribution in [-0.2, 0) is 4.74 Å². The van der Waals surface area contributed by atoms with Gasteiger partial charge in [0.1, 0.15) is 5.69 Å². The number of ether oxygens (including phenoxy) is 1. The lowest BCUT2D eigenvalue weighted by atomic mass is 9.79. The molecular weight excluding hydrogens is 414 g/mol. The van der Waals surface area contributed by atoms with E-state index in [9.17, 15) is 10.1 Å².